The molecule has 1 amide bonds. The molecule has 0 heterocycles. The summed E-state index contributed by atoms with van der Waals surface area (Å²) in [7, 11) is -1.58. The molecule has 0 spiro atoms. The number of methoxy groups -OCH3 is 1. The molecule has 0 fully saturated rings. The molecule has 4 nitrogen and oxygen atoms in total. The SMILES string of the molecule is COc1ccc(CN(CP(=O)(c2ccccc2)c2ccccc2)C(=O)c2ccccc2Cl)cc1. The smallest absolute Gasteiger partial charge is 0.256 e. The van der Waals surface area contributed by atoms with Crippen LogP contribution in [0.15, 0.2) is 109 Å². The van der Waals surface area contributed by atoms with Crippen LogP contribution in [0.25, 0.3) is 0 Å². The van der Waals surface area contributed by atoms with Crippen molar-refractivity contribution in [3.05, 3.63) is 125 Å². The Morgan fingerprint density at radius 2 is 1.32 bits per heavy atom. The fraction of sp³-hybridized carbons (Fsp3) is 0.107. The number of benzene rings is 4. The molecular weight excluding hydrogens is 465 g/mol. The quantitative estimate of drug-likeness (QED) is 0.287. The first-order chi connectivity index (χ1) is 16.5. The van der Waals surface area contributed by atoms with Gasteiger partial charge >= 0.3 is 0 Å². The summed E-state index contributed by atoms with van der Waals surface area (Å²) in [5.41, 5.74) is 1.28. The van der Waals surface area contributed by atoms with Crippen LogP contribution in [0.5, 0.6) is 5.75 Å². The molecule has 4 aromatic rings. The Balaban J connectivity index is 1.78. The first kappa shape index (κ1) is 23.8. The van der Waals surface area contributed by atoms with Crippen molar-refractivity contribution in [1.29, 1.82) is 0 Å². The highest BCUT2D eigenvalue weighted by Gasteiger charge is 2.32. The molecule has 0 atom stereocenters. The number of amides is 1. The summed E-state index contributed by atoms with van der Waals surface area (Å²) in [6, 6.07) is 33.2. The molecule has 6 heteroatoms. The molecule has 0 aliphatic rings. The van der Waals surface area contributed by atoms with Crippen LogP contribution in [-0.2, 0) is 11.1 Å². The van der Waals surface area contributed by atoms with Gasteiger partial charge in [-0.05, 0) is 29.8 Å². The maximum absolute atomic E-state index is 14.7. The van der Waals surface area contributed by atoms with Gasteiger partial charge in [0.15, 0.2) is 7.14 Å². The Morgan fingerprint density at radius 1 is 0.794 bits per heavy atom. The molecular formula is C28H25ClNO3P. The topological polar surface area (TPSA) is 46.6 Å². The van der Waals surface area contributed by atoms with Crippen molar-refractivity contribution in [2.45, 2.75) is 6.54 Å². The van der Waals surface area contributed by atoms with Crippen LogP contribution in [0, 0.1) is 0 Å². The third-order valence-electron chi connectivity index (χ3n) is 5.64. The van der Waals surface area contributed by atoms with Crippen molar-refractivity contribution in [3.8, 4) is 5.75 Å². The number of hydrogen-bond donors (Lipinski definition) is 0. The fourth-order valence-corrected chi connectivity index (χ4v) is 6.69. The lowest BCUT2D eigenvalue weighted by Crippen LogP contribution is -2.35. The van der Waals surface area contributed by atoms with Gasteiger partial charge in [-0.2, -0.15) is 0 Å². The molecule has 0 bridgehead atoms. The molecule has 0 saturated carbocycles. The molecule has 34 heavy (non-hydrogen) atoms. The number of carbonyl (C=O) groups is 1. The van der Waals surface area contributed by atoms with Crippen molar-refractivity contribution in [1.82, 2.24) is 4.90 Å². The second-order valence-corrected chi connectivity index (χ2v) is 11.1. The van der Waals surface area contributed by atoms with Crippen LogP contribution in [0.2, 0.25) is 5.02 Å². The number of ether oxygens (including phenoxy) is 1. The van der Waals surface area contributed by atoms with Crippen LogP contribution < -0.4 is 15.3 Å². The fourth-order valence-electron chi connectivity index (χ4n) is 3.83. The van der Waals surface area contributed by atoms with Gasteiger partial charge in [0.2, 0.25) is 0 Å². The van der Waals surface area contributed by atoms with Crippen LogP contribution in [0.4, 0.5) is 0 Å². The standard InChI is InChI=1S/C28H25ClNO3P/c1-33-23-18-16-22(17-19-23)20-30(28(31)26-14-8-9-15-27(26)29)21-34(32,24-10-4-2-5-11-24)25-12-6-3-7-13-25/h2-19H,20-21H2,1H3. The van der Waals surface area contributed by atoms with Crippen LogP contribution in [-0.4, -0.2) is 24.2 Å². The maximum atomic E-state index is 14.7. The van der Waals surface area contributed by atoms with E-state index >= 15 is 0 Å². The first-order valence-corrected chi connectivity index (χ1v) is 13.2. The summed E-state index contributed by atoms with van der Waals surface area (Å²) in [5.74, 6) is 0.459. The number of nitrogens with zero attached hydrogens (tertiary/aromatic N) is 1. The highest BCUT2D eigenvalue weighted by Crippen LogP contribution is 2.44. The van der Waals surface area contributed by atoms with E-state index in [1.807, 2.05) is 84.9 Å². The van der Waals surface area contributed by atoms with Crippen molar-refractivity contribution in [3.63, 3.8) is 0 Å². The van der Waals surface area contributed by atoms with E-state index in [0.29, 0.717) is 21.2 Å². The lowest BCUT2D eigenvalue weighted by atomic mass is 10.1. The summed E-state index contributed by atoms with van der Waals surface area (Å²) in [5, 5.41) is 1.77. The van der Waals surface area contributed by atoms with Crippen molar-refractivity contribution in [2.75, 3.05) is 13.4 Å². The number of halogens is 1. The van der Waals surface area contributed by atoms with Gasteiger partial charge in [-0.1, -0.05) is 96.5 Å². The minimum atomic E-state index is -3.18. The third kappa shape index (κ3) is 5.25. The van der Waals surface area contributed by atoms with Gasteiger partial charge in [-0.25, -0.2) is 0 Å². The zero-order valence-electron chi connectivity index (χ0n) is 18.8. The van der Waals surface area contributed by atoms with Gasteiger partial charge < -0.3 is 14.2 Å². The van der Waals surface area contributed by atoms with E-state index in [1.54, 1.807) is 36.3 Å². The number of hydrogen-bond acceptors (Lipinski definition) is 3. The highest BCUT2D eigenvalue weighted by atomic mass is 35.5. The van der Waals surface area contributed by atoms with Crippen LogP contribution in [0.3, 0.4) is 0 Å². The van der Waals surface area contributed by atoms with Gasteiger partial charge in [0.05, 0.1) is 24.0 Å². The molecule has 0 aliphatic carbocycles. The zero-order valence-corrected chi connectivity index (χ0v) is 20.5. The first-order valence-electron chi connectivity index (χ1n) is 10.9. The van der Waals surface area contributed by atoms with Gasteiger partial charge in [-0.15, -0.1) is 0 Å². The second-order valence-electron chi connectivity index (χ2n) is 7.88. The molecule has 0 radical (unpaired) electrons. The average Bonchev–Trinajstić information content (AvgIpc) is 2.89. The van der Waals surface area contributed by atoms with E-state index in [1.165, 1.54) is 0 Å². The lowest BCUT2D eigenvalue weighted by molar-refractivity contribution is 0.0772. The van der Waals surface area contributed by atoms with Crippen molar-refractivity contribution >= 4 is 35.3 Å². The highest BCUT2D eigenvalue weighted by molar-refractivity contribution is 7.78. The summed E-state index contributed by atoms with van der Waals surface area (Å²) in [4.78, 5) is 15.4. The van der Waals surface area contributed by atoms with Crippen LogP contribution in [0.1, 0.15) is 15.9 Å². The Hall–Kier alpha value is -3.33. The molecule has 4 aromatic carbocycles. The summed E-state index contributed by atoms with van der Waals surface area (Å²) >= 11 is 6.38. The summed E-state index contributed by atoms with van der Waals surface area (Å²) in [6.45, 7) is 0.276. The number of rotatable bonds is 8. The van der Waals surface area contributed by atoms with E-state index in [9.17, 15) is 9.36 Å². The third-order valence-corrected chi connectivity index (χ3v) is 8.97. The molecule has 172 valence electrons. The van der Waals surface area contributed by atoms with Gasteiger partial charge in [0.25, 0.3) is 5.91 Å². The predicted molar refractivity (Wildman–Crippen MR) is 139 cm³/mol. The molecule has 0 saturated heterocycles. The molecule has 0 unspecified atom stereocenters. The second kappa shape index (κ2) is 10.7. The predicted octanol–water partition coefficient (Wildman–Crippen LogP) is 5.96. The van der Waals surface area contributed by atoms with Crippen molar-refractivity contribution in [2.24, 2.45) is 0 Å². The monoisotopic (exact) mass is 489 g/mol. The van der Waals surface area contributed by atoms with E-state index in [0.717, 1.165) is 11.3 Å². The Morgan fingerprint density at radius 3 is 1.85 bits per heavy atom. The van der Waals surface area contributed by atoms with E-state index in [2.05, 4.69) is 0 Å². The Kier molecular flexibility index (Phi) is 7.52. The van der Waals surface area contributed by atoms with Crippen LogP contribution >= 0.6 is 18.7 Å². The number of carbonyl (C=O) groups excluding carboxylic acids is 1. The lowest BCUT2D eigenvalue weighted by Gasteiger charge is -2.29. The summed E-state index contributed by atoms with van der Waals surface area (Å²) < 4.78 is 20.0. The minimum Gasteiger partial charge on any atom is -0.497 e. The molecule has 0 N–H and O–H groups in total. The Bertz CT molecular complexity index is 1250. The molecule has 0 aliphatic heterocycles. The van der Waals surface area contributed by atoms with E-state index < -0.39 is 7.14 Å². The normalized spacial score (nSPS) is 11.1. The maximum Gasteiger partial charge on any atom is 0.256 e. The minimum absolute atomic E-state index is 0.0388. The van der Waals surface area contributed by atoms with E-state index in [4.69, 9.17) is 16.3 Å². The van der Waals surface area contributed by atoms with Gasteiger partial charge in [0.1, 0.15) is 5.75 Å². The molecule has 0 aromatic heterocycles. The van der Waals surface area contributed by atoms with Crippen molar-refractivity contribution < 1.29 is 14.1 Å². The average molecular weight is 490 g/mol. The largest absolute Gasteiger partial charge is 0.497 e. The molecule has 4 rings (SSSR count). The van der Waals surface area contributed by atoms with Gasteiger partial charge in [-0.3, -0.25) is 4.79 Å². The zero-order chi connectivity index (χ0) is 24.0. The Labute approximate surface area is 205 Å². The van der Waals surface area contributed by atoms with Gasteiger partial charge in [0, 0.05) is 17.2 Å². The van der Waals surface area contributed by atoms with E-state index in [-0.39, 0.29) is 18.7 Å². The summed E-state index contributed by atoms with van der Waals surface area (Å²) in [6.07, 6.45) is 0.0388.